The number of Topliss-reactive ketones (excluding diaryl/α,β-unsaturated/α-hetero) is 1. The average Bonchev–Trinajstić information content (AvgIpc) is 2.73. The quantitative estimate of drug-likeness (QED) is 0.583. The lowest BCUT2D eigenvalue weighted by Crippen LogP contribution is -2.23. The Labute approximate surface area is 162 Å². The molecule has 6 heteroatoms. The second-order valence-electron chi connectivity index (χ2n) is 6.18. The third kappa shape index (κ3) is 5.67. The number of aromatic hydroxyl groups is 1. The highest BCUT2D eigenvalue weighted by Gasteiger charge is 2.10. The maximum absolute atomic E-state index is 12.3. The van der Waals surface area contributed by atoms with E-state index in [1.54, 1.807) is 54.9 Å². The average molecular weight is 376 g/mol. The van der Waals surface area contributed by atoms with Crippen LogP contribution in [0.15, 0.2) is 73.1 Å². The van der Waals surface area contributed by atoms with Crippen molar-refractivity contribution in [2.45, 2.75) is 19.4 Å². The van der Waals surface area contributed by atoms with Crippen LogP contribution in [0.5, 0.6) is 17.2 Å². The van der Waals surface area contributed by atoms with Crippen LogP contribution in [-0.2, 0) is 11.3 Å². The van der Waals surface area contributed by atoms with Crippen LogP contribution in [0.2, 0.25) is 0 Å². The summed E-state index contributed by atoms with van der Waals surface area (Å²) in [4.78, 5) is 28.2. The van der Waals surface area contributed by atoms with Gasteiger partial charge >= 0.3 is 0 Å². The molecular formula is C22H20N2O4. The number of nitrogens with one attached hydrogen (secondary N) is 1. The summed E-state index contributed by atoms with van der Waals surface area (Å²) in [6.45, 7) is 0.393. The zero-order valence-corrected chi connectivity index (χ0v) is 15.2. The monoisotopic (exact) mass is 376 g/mol. The molecule has 0 aliphatic heterocycles. The van der Waals surface area contributed by atoms with Crippen LogP contribution in [0.1, 0.15) is 28.8 Å². The van der Waals surface area contributed by atoms with E-state index in [2.05, 4.69) is 10.3 Å². The first-order valence-electron chi connectivity index (χ1n) is 8.86. The summed E-state index contributed by atoms with van der Waals surface area (Å²) >= 11 is 0. The van der Waals surface area contributed by atoms with E-state index in [4.69, 9.17) is 4.74 Å². The first-order valence-corrected chi connectivity index (χ1v) is 8.86. The molecule has 2 aromatic carbocycles. The van der Waals surface area contributed by atoms with Crippen LogP contribution in [-0.4, -0.2) is 21.8 Å². The lowest BCUT2D eigenvalue weighted by atomic mass is 10.1. The van der Waals surface area contributed by atoms with Gasteiger partial charge in [-0.25, -0.2) is 0 Å². The molecule has 3 aromatic rings. The zero-order valence-electron chi connectivity index (χ0n) is 15.2. The third-order valence-corrected chi connectivity index (χ3v) is 4.04. The molecule has 0 unspecified atom stereocenters. The summed E-state index contributed by atoms with van der Waals surface area (Å²) in [5.41, 5.74) is 1.43. The summed E-state index contributed by atoms with van der Waals surface area (Å²) in [7, 11) is 0. The van der Waals surface area contributed by atoms with E-state index in [0.29, 0.717) is 23.6 Å². The first-order chi connectivity index (χ1) is 13.6. The van der Waals surface area contributed by atoms with Crippen molar-refractivity contribution >= 4 is 11.7 Å². The van der Waals surface area contributed by atoms with Gasteiger partial charge in [-0.15, -0.1) is 0 Å². The number of hydrogen-bond donors (Lipinski definition) is 2. The Morgan fingerprint density at radius 1 is 0.929 bits per heavy atom. The maximum Gasteiger partial charge on any atom is 0.220 e. The summed E-state index contributed by atoms with van der Waals surface area (Å²) in [5, 5.41) is 12.1. The van der Waals surface area contributed by atoms with E-state index < -0.39 is 0 Å². The van der Waals surface area contributed by atoms with Crippen LogP contribution in [0.4, 0.5) is 0 Å². The normalized spacial score (nSPS) is 10.3. The molecule has 0 fully saturated rings. The molecule has 1 amide bonds. The molecule has 142 valence electrons. The van der Waals surface area contributed by atoms with Gasteiger partial charge in [-0.05, 0) is 60.2 Å². The molecule has 0 atom stereocenters. The standard InChI is InChI=1S/C22H20N2O4/c25-18-5-9-20(10-6-18)28-19-7-3-17(4-8-19)21(26)11-12-22(27)24-15-16-2-1-13-23-14-16/h1-10,13-14,25H,11-12,15H2,(H,24,27). The van der Waals surface area contributed by atoms with Gasteiger partial charge in [0.15, 0.2) is 5.78 Å². The van der Waals surface area contributed by atoms with Gasteiger partial charge in [-0.2, -0.15) is 0 Å². The van der Waals surface area contributed by atoms with Crippen molar-refractivity contribution < 1.29 is 19.4 Å². The van der Waals surface area contributed by atoms with Gasteiger partial charge in [0.05, 0.1) is 0 Å². The predicted octanol–water partition coefficient (Wildman–Crippen LogP) is 3.86. The molecule has 0 aliphatic carbocycles. The number of ketones is 1. The molecule has 0 saturated carbocycles. The molecule has 6 nitrogen and oxygen atoms in total. The number of carbonyl (C=O) groups is 2. The van der Waals surface area contributed by atoms with Crippen LogP contribution in [0.25, 0.3) is 0 Å². The Bertz CT molecular complexity index is 923. The summed E-state index contributed by atoms with van der Waals surface area (Å²) in [6, 6.07) is 16.8. The van der Waals surface area contributed by atoms with E-state index >= 15 is 0 Å². The Hall–Kier alpha value is -3.67. The van der Waals surface area contributed by atoms with Crippen LogP contribution < -0.4 is 10.1 Å². The van der Waals surface area contributed by atoms with Crippen LogP contribution >= 0.6 is 0 Å². The minimum atomic E-state index is -0.176. The number of carbonyl (C=O) groups excluding carboxylic acids is 2. The highest BCUT2D eigenvalue weighted by molar-refractivity contribution is 5.98. The fourth-order valence-corrected chi connectivity index (χ4v) is 2.52. The highest BCUT2D eigenvalue weighted by Crippen LogP contribution is 2.23. The molecule has 0 saturated heterocycles. The molecule has 0 aliphatic rings. The Kier molecular flexibility index (Phi) is 6.36. The largest absolute Gasteiger partial charge is 0.508 e. The van der Waals surface area contributed by atoms with Crippen molar-refractivity contribution in [2.24, 2.45) is 0 Å². The van der Waals surface area contributed by atoms with Crippen molar-refractivity contribution in [1.29, 1.82) is 0 Å². The van der Waals surface area contributed by atoms with Gasteiger partial charge in [0.25, 0.3) is 0 Å². The van der Waals surface area contributed by atoms with Crippen molar-refractivity contribution in [3.8, 4) is 17.2 Å². The molecule has 1 aromatic heterocycles. The minimum Gasteiger partial charge on any atom is -0.508 e. The number of aromatic nitrogens is 1. The zero-order chi connectivity index (χ0) is 19.8. The topological polar surface area (TPSA) is 88.5 Å². The van der Waals surface area contributed by atoms with E-state index in [1.165, 1.54) is 12.1 Å². The highest BCUT2D eigenvalue weighted by atomic mass is 16.5. The second-order valence-corrected chi connectivity index (χ2v) is 6.18. The molecule has 3 rings (SSSR count). The smallest absolute Gasteiger partial charge is 0.220 e. The van der Waals surface area contributed by atoms with Crippen molar-refractivity contribution in [3.05, 3.63) is 84.2 Å². The van der Waals surface area contributed by atoms with Gasteiger partial charge in [0.2, 0.25) is 5.91 Å². The molecule has 0 radical (unpaired) electrons. The fraction of sp³-hybridized carbons (Fsp3) is 0.136. The lowest BCUT2D eigenvalue weighted by Gasteiger charge is -2.07. The Morgan fingerprint density at radius 3 is 2.25 bits per heavy atom. The summed E-state index contributed by atoms with van der Waals surface area (Å²) in [6.07, 6.45) is 3.63. The SMILES string of the molecule is O=C(CCC(=O)c1ccc(Oc2ccc(O)cc2)cc1)NCc1cccnc1. The number of ether oxygens (including phenoxy) is 1. The summed E-state index contributed by atoms with van der Waals surface area (Å²) in [5.74, 6) is 1.05. The molecule has 2 N–H and O–H groups in total. The van der Waals surface area contributed by atoms with E-state index in [9.17, 15) is 14.7 Å². The molecule has 0 bridgehead atoms. The number of phenols is 1. The molecular weight excluding hydrogens is 356 g/mol. The predicted molar refractivity (Wildman–Crippen MR) is 104 cm³/mol. The number of pyridine rings is 1. The second kappa shape index (κ2) is 9.32. The van der Waals surface area contributed by atoms with Gasteiger partial charge in [-0.3, -0.25) is 14.6 Å². The Morgan fingerprint density at radius 2 is 1.61 bits per heavy atom. The molecule has 0 spiro atoms. The number of benzene rings is 2. The van der Waals surface area contributed by atoms with Crippen molar-refractivity contribution in [1.82, 2.24) is 10.3 Å². The van der Waals surface area contributed by atoms with E-state index in [1.807, 2.05) is 6.07 Å². The van der Waals surface area contributed by atoms with Gasteiger partial charge in [-0.1, -0.05) is 6.07 Å². The van der Waals surface area contributed by atoms with E-state index in [0.717, 1.165) is 5.56 Å². The lowest BCUT2D eigenvalue weighted by molar-refractivity contribution is -0.121. The molecule has 1 heterocycles. The summed E-state index contributed by atoms with van der Waals surface area (Å²) < 4.78 is 5.65. The number of nitrogens with zero attached hydrogens (tertiary/aromatic N) is 1. The number of amides is 1. The third-order valence-electron chi connectivity index (χ3n) is 4.04. The van der Waals surface area contributed by atoms with Crippen molar-refractivity contribution in [2.75, 3.05) is 0 Å². The van der Waals surface area contributed by atoms with Gasteiger partial charge < -0.3 is 15.2 Å². The van der Waals surface area contributed by atoms with Crippen LogP contribution in [0, 0.1) is 0 Å². The number of hydrogen-bond acceptors (Lipinski definition) is 5. The number of phenolic OH excluding ortho intramolecular Hbond substituents is 1. The molecule has 28 heavy (non-hydrogen) atoms. The number of rotatable bonds is 8. The van der Waals surface area contributed by atoms with Crippen LogP contribution in [0.3, 0.4) is 0 Å². The van der Waals surface area contributed by atoms with Gasteiger partial charge in [0, 0.05) is 37.3 Å². The maximum atomic E-state index is 12.3. The van der Waals surface area contributed by atoms with E-state index in [-0.39, 0.29) is 30.3 Å². The fourth-order valence-electron chi connectivity index (χ4n) is 2.52. The first kappa shape index (κ1) is 19.1. The van der Waals surface area contributed by atoms with Crippen molar-refractivity contribution in [3.63, 3.8) is 0 Å². The van der Waals surface area contributed by atoms with Gasteiger partial charge in [0.1, 0.15) is 17.2 Å². The Balaban J connectivity index is 1.46. The minimum absolute atomic E-state index is 0.104.